The van der Waals surface area contributed by atoms with E-state index in [1.165, 1.54) is 12.8 Å². The minimum atomic E-state index is -0.594. The molecule has 0 radical (unpaired) electrons. The average Bonchev–Trinajstić information content (AvgIpc) is 2.10. The number of hydrogen-bond acceptors (Lipinski definition) is 2. The SMILES string of the molecule is CC[C@@H](C)C[C@H](CC)NCC(C)(C)O. The first-order valence-corrected chi connectivity index (χ1v) is 5.84. The zero-order valence-corrected chi connectivity index (χ0v) is 10.4. The molecule has 2 heteroatoms. The molecule has 0 aromatic carbocycles. The lowest BCUT2D eigenvalue weighted by atomic mass is 9.97. The first-order chi connectivity index (χ1) is 6.39. The van der Waals surface area contributed by atoms with Crippen LogP contribution in [0, 0.1) is 5.92 Å². The molecule has 0 aliphatic heterocycles. The standard InChI is InChI=1S/C12H27NO/c1-6-10(3)8-11(7-2)13-9-12(4,5)14/h10-11,13-14H,6-9H2,1-5H3/t10-,11+/m1/s1. The predicted octanol–water partition coefficient (Wildman–Crippen LogP) is 2.56. The van der Waals surface area contributed by atoms with Crippen molar-refractivity contribution in [2.75, 3.05) is 6.54 Å². The van der Waals surface area contributed by atoms with E-state index in [-0.39, 0.29) is 0 Å². The quantitative estimate of drug-likeness (QED) is 0.663. The van der Waals surface area contributed by atoms with Gasteiger partial charge in [0, 0.05) is 12.6 Å². The Hall–Kier alpha value is -0.0800. The third-order valence-corrected chi connectivity index (χ3v) is 2.70. The van der Waals surface area contributed by atoms with Crippen molar-refractivity contribution in [1.82, 2.24) is 5.32 Å². The van der Waals surface area contributed by atoms with E-state index in [9.17, 15) is 5.11 Å². The Morgan fingerprint density at radius 2 is 1.79 bits per heavy atom. The second-order valence-corrected chi connectivity index (χ2v) is 5.05. The monoisotopic (exact) mass is 201 g/mol. The van der Waals surface area contributed by atoms with E-state index < -0.39 is 5.60 Å². The van der Waals surface area contributed by atoms with Crippen LogP contribution in [0.3, 0.4) is 0 Å². The Morgan fingerprint density at radius 1 is 1.21 bits per heavy atom. The van der Waals surface area contributed by atoms with E-state index in [0.717, 1.165) is 12.3 Å². The maximum atomic E-state index is 9.59. The van der Waals surface area contributed by atoms with E-state index >= 15 is 0 Å². The molecule has 0 amide bonds. The molecule has 0 aromatic rings. The Balaban J connectivity index is 3.80. The van der Waals surface area contributed by atoms with Crippen molar-refractivity contribution in [3.05, 3.63) is 0 Å². The van der Waals surface area contributed by atoms with Gasteiger partial charge in [0.05, 0.1) is 5.60 Å². The molecule has 0 spiro atoms. The van der Waals surface area contributed by atoms with Gasteiger partial charge in [0.1, 0.15) is 0 Å². The Bertz CT molecular complexity index is 140. The van der Waals surface area contributed by atoms with Gasteiger partial charge in [-0.1, -0.05) is 27.2 Å². The van der Waals surface area contributed by atoms with Crippen LogP contribution >= 0.6 is 0 Å². The van der Waals surface area contributed by atoms with Gasteiger partial charge in [-0.15, -0.1) is 0 Å². The van der Waals surface area contributed by atoms with Gasteiger partial charge in [-0.25, -0.2) is 0 Å². The summed E-state index contributed by atoms with van der Waals surface area (Å²) >= 11 is 0. The van der Waals surface area contributed by atoms with Gasteiger partial charge in [-0.2, -0.15) is 0 Å². The molecule has 0 aliphatic carbocycles. The summed E-state index contributed by atoms with van der Waals surface area (Å²) in [5, 5.41) is 13.0. The molecule has 0 aliphatic rings. The van der Waals surface area contributed by atoms with Crippen LogP contribution in [-0.2, 0) is 0 Å². The van der Waals surface area contributed by atoms with Gasteiger partial charge < -0.3 is 10.4 Å². The van der Waals surface area contributed by atoms with E-state index in [2.05, 4.69) is 26.1 Å². The number of rotatable bonds is 7. The summed E-state index contributed by atoms with van der Waals surface area (Å²) in [5.74, 6) is 0.772. The molecule has 2 atom stereocenters. The first kappa shape index (κ1) is 13.9. The average molecular weight is 201 g/mol. The largest absolute Gasteiger partial charge is 0.389 e. The van der Waals surface area contributed by atoms with Gasteiger partial charge in [-0.05, 0) is 32.6 Å². The van der Waals surface area contributed by atoms with Crippen molar-refractivity contribution in [3.8, 4) is 0 Å². The highest BCUT2D eigenvalue weighted by Gasteiger charge is 2.16. The third-order valence-electron chi connectivity index (χ3n) is 2.70. The van der Waals surface area contributed by atoms with Crippen molar-refractivity contribution in [1.29, 1.82) is 0 Å². The molecule has 86 valence electrons. The highest BCUT2D eigenvalue weighted by atomic mass is 16.3. The Kier molecular flexibility index (Phi) is 6.38. The molecular weight excluding hydrogens is 174 g/mol. The first-order valence-electron chi connectivity index (χ1n) is 5.84. The zero-order chi connectivity index (χ0) is 11.2. The fourth-order valence-corrected chi connectivity index (χ4v) is 1.44. The minimum Gasteiger partial charge on any atom is -0.389 e. The molecule has 0 bridgehead atoms. The van der Waals surface area contributed by atoms with Crippen molar-refractivity contribution in [2.45, 2.75) is 65.5 Å². The molecule has 0 rings (SSSR count). The minimum absolute atomic E-state index is 0.552. The maximum absolute atomic E-state index is 9.59. The maximum Gasteiger partial charge on any atom is 0.0715 e. The smallest absolute Gasteiger partial charge is 0.0715 e. The van der Waals surface area contributed by atoms with Gasteiger partial charge in [0.15, 0.2) is 0 Å². The van der Waals surface area contributed by atoms with Crippen molar-refractivity contribution >= 4 is 0 Å². The summed E-state index contributed by atoms with van der Waals surface area (Å²) in [6.45, 7) is 11.1. The lowest BCUT2D eigenvalue weighted by molar-refractivity contribution is 0.0750. The molecule has 0 saturated carbocycles. The summed E-state index contributed by atoms with van der Waals surface area (Å²) in [4.78, 5) is 0. The number of nitrogens with one attached hydrogen (secondary N) is 1. The lowest BCUT2D eigenvalue weighted by Gasteiger charge is -2.25. The van der Waals surface area contributed by atoms with Crippen LogP contribution in [0.25, 0.3) is 0 Å². The van der Waals surface area contributed by atoms with Gasteiger partial charge in [0.25, 0.3) is 0 Å². The fraction of sp³-hybridized carbons (Fsp3) is 1.00. The van der Waals surface area contributed by atoms with Crippen LogP contribution in [0.4, 0.5) is 0 Å². The Labute approximate surface area is 89.1 Å². The summed E-state index contributed by atoms with van der Waals surface area (Å²) in [5.41, 5.74) is -0.594. The van der Waals surface area contributed by atoms with Crippen LogP contribution in [0.1, 0.15) is 53.9 Å². The van der Waals surface area contributed by atoms with E-state index in [4.69, 9.17) is 0 Å². The van der Waals surface area contributed by atoms with E-state index in [1.807, 2.05) is 13.8 Å². The van der Waals surface area contributed by atoms with Crippen LogP contribution < -0.4 is 5.32 Å². The highest BCUT2D eigenvalue weighted by molar-refractivity contribution is 4.74. The zero-order valence-electron chi connectivity index (χ0n) is 10.4. The van der Waals surface area contributed by atoms with Gasteiger partial charge in [-0.3, -0.25) is 0 Å². The molecule has 0 heterocycles. The fourth-order valence-electron chi connectivity index (χ4n) is 1.44. The second-order valence-electron chi connectivity index (χ2n) is 5.05. The molecular formula is C12H27NO. The number of hydrogen-bond donors (Lipinski definition) is 2. The van der Waals surface area contributed by atoms with Crippen molar-refractivity contribution in [2.24, 2.45) is 5.92 Å². The van der Waals surface area contributed by atoms with Crippen LogP contribution in [0.15, 0.2) is 0 Å². The summed E-state index contributed by atoms with van der Waals surface area (Å²) < 4.78 is 0. The van der Waals surface area contributed by atoms with E-state index in [1.54, 1.807) is 0 Å². The topological polar surface area (TPSA) is 32.3 Å². The Morgan fingerprint density at radius 3 is 2.14 bits per heavy atom. The van der Waals surface area contributed by atoms with E-state index in [0.29, 0.717) is 12.6 Å². The molecule has 2 N–H and O–H groups in total. The third kappa shape index (κ3) is 7.34. The molecule has 0 saturated heterocycles. The second kappa shape index (κ2) is 6.41. The number of aliphatic hydroxyl groups is 1. The highest BCUT2D eigenvalue weighted by Crippen LogP contribution is 2.12. The summed E-state index contributed by atoms with van der Waals surface area (Å²) in [7, 11) is 0. The van der Waals surface area contributed by atoms with Gasteiger partial charge >= 0.3 is 0 Å². The molecule has 0 fully saturated rings. The van der Waals surface area contributed by atoms with Crippen LogP contribution in [0.5, 0.6) is 0 Å². The molecule has 0 aromatic heterocycles. The van der Waals surface area contributed by atoms with Crippen molar-refractivity contribution < 1.29 is 5.11 Å². The van der Waals surface area contributed by atoms with Crippen LogP contribution in [0.2, 0.25) is 0 Å². The lowest BCUT2D eigenvalue weighted by Crippen LogP contribution is -2.41. The molecule has 2 nitrogen and oxygen atoms in total. The normalized spacial score (nSPS) is 16.7. The molecule has 14 heavy (non-hydrogen) atoms. The predicted molar refractivity (Wildman–Crippen MR) is 62.5 cm³/mol. The summed E-state index contributed by atoms with van der Waals surface area (Å²) in [6, 6.07) is 0.552. The summed E-state index contributed by atoms with van der Waals surface area (Å²) in [6.07, 6.45) is 3.59. The van der Waals surface area contributed by atoms with Gasteiger partial charge in [0.2, 0.25) is 0 Å². The van der Waals surface area contributed by atoms with Crippen molar-refractivity contribution in [3.63, 3.8) is 0 Å². The molecule has 0 unspecified atom stereocenters. The van der Waals surface area contributed by atoms with Crippen LogP contribution in [-0.4, -0.2) is 23.3 Å².